The SMILES string of the molecule is CC(C)(C)c1nnc(N/N=C\c2ccc3c(c2)OCO3)[nH]c1=O. The molecule has 120 valence electrons. The van der Waals surface area contributed by atoms with Crippen molar-refractivity contribution in [2.45, 2.75) is 26.2 Å². The van der Waals surface area contributed by atoms with Crippen molar-refractivity contribution >= 4 is 12.2 Å². The number of hydrogen-bond donors (Lipinski definition) is 2. The first kappa shape index (κ1) is 15.0. The minimum atomic E-state index is -0.366. The largest absolute Gasteiger partial charge is 0.454 e. The Morgan fingerprint density at radius 1 is 1.26 bits per heavy atom. The van der Waals surface area contributed by atoms with Gasteiger partial charge in [0.1, 0.15) is 5.69 Å². The molecule has 0 spiro atoms. The zero-order valence-corrected chi connectivity index (χ0v) is 13.1. The van der Waals surface area contributed by atoms with Gasteiger partial charge in [-0.3, -0.25) is 9.78 Å². The fraction of sp³-hybridized carbons (Fsp3) is 0.333. The highest BCUT2D eigenvalue weighted by atomic mass is 16.7. The molecule has 0 saturated carbocycles. The van der Waals surface area contributed by atoms with Crippen LogP contribution in [0.2, 0.25) is 0 Å². The summed E-state index contributed by atoms with van der Waals surface area (Å²) in [6.45, 7) is 5.93. The summed E-state index contributed by atoms with van der Waals surface area (Å²) in [6.07, 6.45) is 1.58. The maximum atomic E-state index is 12.0. The summed E-state index contributed by atoms with van der Waals surface area (Å²) in [6, 6.07) is 5.46. The molecule has 2 N–H and O–H groups in total. The van der Waals surface area contributed by atoms with E-state index in [1.807, 2.05) is 39.0 Å². The van der Waals surface area contributed by atoms with Crippen LogP contribution < -0.4 is 20.5 Å². The van der Waals surface area contributed by atoms with Gasteiger partial charge in [0.25, 0.3) is 5.56 Å². The Bertz CT molecular complexity index is 807. The number of aromatic nitrogens is 3. The molecule has 2 aromatic rings. The van der Waals surface area contributed by atoms with E-state index in [0.29, 0.717) is 17.2 Å². The highest BCUT2D eigenvalue weighted by Gasteiger charge is 2.20. The van der Waals surface area contributed by atoms with Gasteiger partial charge in [-0.1, -0.05) is 20.8 Å². The summed E-state index contributed by atoms with van der Waals surface area (Å²) in [7, 11) is 0. The number of ether oxygens (including phenoxy) is 2. The molecular weight excluding hydrogens is 298 g/mol. The summed E-state index contributed by atoms with van der Waals surface area (Å²) >= 11 is 0. The fourth-order valence-corrected chi connectivity index (χ4v) is 2.04. The van der Waals surface area contributed by atoms with Crippen LogP contribution in [0.15, 0.2) is 28.1 Å². The van der Waals surface area contributed by atoms with Crippen LogP contribution in [-0.2, 0) is 5.41 Å². The van der Waals surface area contributed by atoms with Gasteiger partial charge in [0.2, 0.25) is 12.7 Å². The van der Waals surface area contributed by atoms with Crippen LogP contribution in [-0.4, -0.2) is 28.2 Å². The van der Waals surface area contributed by atoms with Gasteiger partial charge < -0.3 is 9.47 Å². The van der Waals surface area contributed by atoms with Gasteiger partial charge in [-0.2, -0.15) is 5.10 Å². The number of rotatable bonds is 3. The number of benzene rings is 1. The summed E-state index contributed by atoms with van der Waals surface area (Å²) in [5.74, 6) is 1.57. The van der Waals surface area contributed by atoms with E-state index in [2.05, 4.69) is 25.7 Å². The lowest BCUT2D eigenvalue weighted by molar-refractivity contribution is 0.174. The van der Waals surface area contributed by atoms with Crippen molar-refractivity contribution in [1.82, 2.24) is 15.2 Å². The molecule has 0 bridgehead atoms. The number of anilines is 1. The first-order chi connectivity index (χ1) is 10.9. The first-order valence-corrected chi connectivity index (χ1v) is 7.10. The average Bonchev–Trinajstić information content (AvgIpc) is 2.93. The van der Waals surface area contributed by atoms with Crippen LogP contribution in [0.3, 0.4) is 0 Å². The van der Waals surface area contributed by atoms with E-state index in [1.54, 1.807) is 6.21 Å². The number of hydrogen-bond acceptors (Lipinski definition) is 7. The van der Waals surface area contributed by atoms with E-state index >= 15 is 0 Å². The number of aromatic amines is 1. The Morgan fingerprint density at radius 2 is 2.04 bits per heavy atom. The highest BCUT2D eigenvalue weighted by molar-refractivity contribution is 5.81. The van der Waals surface area contributed by atoms with E-state index in [9.17, 15) is 4.79 Å². The van der Waals surface area contributed by atoms with Crippen LogP contribution in [0, 0.1) is 0 Å². The lowest BCUT2D eigenvalue weighted by atomic mass is 9.93. The number of fused-ring (bicyclic) bond motifs is 1. The van der Waals surface area contributed by atoms with Crippen molar-refractivity contribution < 1.29 is 9.47 Å². The lowest BCUT2D eigenvalue weighted by Crippen LogP contribution is -2.28. The third-order valence-electron chi connectivity index (χ3n) is 3.19. The van der Waals surface area contributed by atoms with Crippen molar-refractivity contribution in [1.29, 1.82) is 0 Å². The molecular formula is C15H17N5O3. The summed E-state index contributed by atoms with van der Waals surface area (Å²) in [5.41, 5.74) is 3.20. The topological polar surface area (TPSA) is 101 Å². The molecule has 1 aliphatic heterocycles. The van der Waals surface area contributed by atoms with Crippen molar-refractivity contribution in [3.63, 3.8) is 0 Å². The molecule has 0 aliphatic carbocycles. The van der Waals surface area contributed by atoms with Gasteiger partial charge in [-0.15, -0.1) is 10.2 Å². The summed E-state index contributed by atoms with van der Waals surface area (Å²) in [4.78, 5) is 14.6. The number of hydrazone groups is 1. The van der Waals surface area contributed by atoms with E-state index in [4.69, 9.17) is 9.47 Å². The van der Waals surface area contributed by atoms with E-state index in [1.165, 1.54) is 0 Å². The third kappa shape index (κ3) is 3.31. The van der Waals surface area contributed by atoms with Crippen LogP contribution in [0.4, 0.5) is 5.95 Å². The van der Waals surface area contributed by atoms with Gasteiger partial charge in [0.05, 0.1) is 6.21 Å². The Balaban J connectivity index is 1.71. The molecule has 23 heavy (non-hydrogen) atoms. The van der Waals surface area contributed by atoms with Crippen molar-refractivity contribution in [2.75, 3.05) is 12.2 Å². The number of nitrogens with zero attached hydrogens (tertiary/aromatic N) is 3. The fourth-order valence-electron chi connectivity index (χ4n) is 2.04. The minimum absolute atomic E-state index is 0.181. The molecule has 3 rings (SSSR count). The zero-order chi connectivity index (χ0) is 16.4. The third-order valence-corrected chi connectivity index (χ3v) is 3.19. The molecule has 0 unspecified atom stereocenters. The van der Waals surface area contributed by atoms with Crippen molar-refractivity contribution in [2.24, 2.45) is 5.10 Å². The second-order valence-corrected chi connectivity index (χ2v) is 6.08. The smallest absolute Gasteiger partial charge is 0.274 e. The number of H-pyrrole nitrogens is 1. The highest BCUT2D eigenvalue weighted by Crippen LogP contribution is 2.31. The Hall–Kier alpha value is -2.90. The molecule has 8 heteroatoms. The molecule has 1 aromatic carbocycles. The molecule has 0 saturated heterocycles. The monoisotopic (exact) mass is 315 g/mol. The molecule has 2 heterocycles. The molecule has 0 fully saturated rings. The molecule has 0 amide bonds. The van der Waals surface area contributed by atoms with Crippen LogP contribution in [0.25, 0.3) is 0 Å². The van der Waals surface area contributed by atoms with Gasteiger partial charge in [-0.25, -0.2) is 5.43 Å². The van der Waals surface area contributed by atoms with Crippen LogP contribution in [0.1, 0.15) is 32.0 Å². The van der Waals surface area contributed by atoms with E-state index in [0.717, 1.165) is 5.56 Å². The first-order valence-electron chi connectivity index (χ1n) is 7.10. The summed E-state index contributed by atoms with van der Waals surface area (Å²) in [5, 5.41) is 11.9. The molecule has 0 radical (unpaired) electrons. The predicted octanol–water partition coefficient (Wildman–Crippen LogP) is 1.64. The standard InChI is InChI=1S/C15H17N5O3/c1-15(2,3)12-13(21)17-14(20-18-12)19-16-7-9-4-5-10-11(6-9)23-8-22-10/h4-7H,8H2,1-3H3,(H2,17,19,20,21)/b16-7-. The van der Waals surface area contributed by atoms with E-state index in [-0.39, 0.29) is 23.7 Å². The molecule has 0 atom stereocenters. The molecule has 1 aliphatic rings. The van der Waals surface area contributed by atoms with Crippen LogP contribution in [0.5, 0.6) is 11.5 Å². The Labute approximate surface area is 132 Å². The minimum Gasteiger partial charge on any atom is -0.454 e. The second-order valence-electron chi connectivity index (χ2n) is 6.08. The summed E-state index contributed by atoms with van der Waals surface area (Å²) < 4.78 is 10.5. The second kappa shape index (κ2) is 5.71. The van der Waals surface area contributed by atoms with Crippen LogP contribution >= 0.6 is 0 Å². The zero-order valence-electron chi connectivity index (χ0n) is 13.1. The quantitative estimate of drug-likeness (QED) is 0.659. The number of nitrogens with one attached hydrogen (secondary N) is 2. The van der Waals surface area contributed by atoms with Gasteiger partial charge in [-0.05, 0) is 23.8 Å². The lowest BCUT2D eigenvalue weighted by Gasteiger charge is -2.15. The van der Waals surface area contributed by atoms with E-state index < -0.39 is 0 Å². The Kier molecular flexibility index (Phi) is 3.73. The molecule has 8 nitrogen and oxygen atoms in total. The Morgan fingerprint density at radius 3 is 2.78 bits per heavy atom. The normalized spacial score (nSPS) is 13.5. The molecule has 1 aromatic heterocycles. The van der Waals surface area contributed by atoms with Gasteiger partial charge in [0, 0.05) is 5.41 Å². The van der Waals surface area contributed by atoms with Crippen molar-refractivity contribution in [3.8, 4) is 11.5 Å². The average molecular weight is 315 g/mol. The maximum Gasteiger partial charge on any atom is 0.274 e. The van der Waals surface area contributed by atoms with Gasteiger partial charge in [0.15, 0.2) is 11.5 Å². The maximum absolute atomic E-state index is 12.0. The van der Waals surface area contributed by atoms with Gasteiger partial charge >= 0.3 is 0 Å². The van der Waals surface area contributed by atoms with Crippen molar-refractivity contribution in [3.05, 3.63) is 39.8 Å². The predicted molar refractivity (Wildman–Crippen MR) is 85.1 cm³/mol.